The average Bonchev–Trinajstić information content (AvgIpc) is 2.66. The zero-order chi connectivity index (χ0) is 18.4. The van der Waals surface area contributed by atoms with Crippen LogP contribution in [0.2, 0.25) is 0 Å². The number of nitrogens with zero attached hydrogens (tertiary/aromatic N) is 7. The Morgan fingerprint density at radius 2 is 1.96 bits per heavy atom. The Morgan fingerprint density at radius 3 is 2.85 bits per heavy atom. The van der Waals surface area contributed by atoms with Gasteiger partial charge in [-0.3, -0.25) is 0 Å². The molecule has 3 aromatic heterocycles. The average molecular weight is 361 g/mol. The summed E-state index contributed by atoms with van der Waals surface area (Å²) in [5, 5.41) is 9.93. The predicted molar refractivity (Wildman–Crippen MR) is 105 cm³/mol. The number of anilines is 2. The minimum Gasteiger partial charge on any atom is -0.352 e. The number of aryl methyl sites for hydroxylation is 3. The molecule has 1 saturated heterocycles. The Morgan fingerprint density at radius 1 is 1.11 bits per heavy atom. The van der Waals surface area contributed by atoms with Crippen molar-refractivity contribution < 1.29 is 0 Å². The summed E-state index contributed by atoms with van der Waals surface area (Å²) in [5.74, 6) is 2.71. The minimum atomic E-state index is 0.389. The van der Waals surface area contributed by atoms with Crippen LogP contribution in [-0.4, -0.2) is 51.3 Å². The lowest BCUT2D eigenvalue weighted by Gasteiger charge is -2.45. The number of rotatable bonds is 3. The molecular weight excluding hydrogens is 338 g/mol. The number of likely N-dealkylation sites (N-methyl/N-ethyl adjacent to an activating group) is 1. The van der Waals surface area contributed by atoms with E-state index < -0.39 is 0 Å². The van der Waals surface area contributed by atoms with Crippen LogP contribution in [-0.2, 0) is 12.8 Å². The van der Waals surface area contributed by atoms with Crippen molar-refractivity contribution in [3.05, 3.63) is 41.5 Å². The van der Waals surface area contributed by atoms with Gasteiger partial charge in [0.15, 0.2) is 11.5 Å². The maximum Gasteiger partial charge on any atom is 0.164 e. The van der Waals surface area contributed by atoms with Crippen molar-refractivity contribution in [2.24, 2.45) is 0 Å². The standard InChI is InChI=1S/C20H23N7/c1-13-22-19-16(7-5-9-21-19)20(23-13)26(2)15-11-27(12-15)18-10-14-6-3-4-8-17(14)24-25-18/h5,7,9-10,15H,3-4,6,8,11-12H2,1-2H3. The topological polar surface area (TPSA) is 70.9 Å². The normalized spacial score (nSPS) is 16.9. The van der Waals surface area contributed by atoms with Gasteiger partial charge in [-0.05, 0) is 56.4 Å². The first-order valence-corrected chi connectivity index (χ1v) is 9.61. The number of fused-ring (bicyclic) bond motifs is 2. The molecule has 27 heavy (non-hydrogen) atoms. The van der Waals surface area contributed by atoms with Crippen molar-refractivity contribution in [3.8, 4) is 0 Å². The zero-order valence-corrected chi connectivity index (χ0v) is 15.8. The van der Waals surface area contributed by atoms with Gasteiger partial charge in [-0.1, -0.05) is 0 Å². The highest BCUT2D eigenvalue weighted by molar-refractivity contribution is 5.87. The SMILES string of the molecule is Cc1nc(N(C)C2CN(c3cc4c(nn3)CCCC4)C2)c2cccnc2n1. The molecule has 0 unspecified atom stereocenters. The van der Waals surface area contributed by atoms with E-state index in [2.05, 4.69) is 48.1 Å². The predicted octanol–water partition coefficient (Wildman–Crippen LogP) is 2.33. The zero-order valence-electron chi connectivity index (χ0n) is 15.8. The molecule has 2 aliphatic rings. The summed E-state index contributed by atoms with van der Waals surface area (Å²) >= 11 is 0. The molecule has 0 amide bonds. The molecule has 1 aliphatic carbocycles. The molecule has 7 nitrogen and oxygen atoms in total. The molecule has 1 fully saturated rings. The molecule has 3 aromatic rings. The van der Waals surface area contributed by atoms with Crippen LogP contribution >= 0.6 is 0 Å². The van der Waals surface area contributed by atoms with Crippen LogP contribution in [0.1, 0.15) is 29.9 Å². The third-order valence-corrected chi connectivity index (χ3v) is 5.69. The summed E-state index contributed by atoms with van der Waals surface area (Å²) in [4.78, 5) is 18.1. The quantitative estimate of drug-likeness (QED) is 0.709. The third kappa shape index (κ3) is 2.87. The minimum absolute atomic E-state index is 0.389. The summed E-state index contributed by atoms with van der Waals surface area (Å²) in [5.41, 5.74) is 3.32. The number of pyridine rings is 1. The van der Waals surface area contributed by atoms with Crippen LogP contribution in [0, 0.1) is 6.92 Å². The van der Waals surface area contributed by atoms with Gasteiger partial charge in [-0.2, -0.15) is 5.10 Å². The first-order chi connectivity index (χ1) is 13.2. The molecule has 138 valence electrons. The van der Waals surface area contributed by atoms with Crippen LogP contribution in [0.25, 0.3) is 11.0 Å². The van der Waals surface area contributed by atoms with Crippen molar-refractivity contribution in [2.75, 3.05) is 29.9 Å². The smallest absolute Gasteiger partial charge is 0.164 e. The summed E-state index contributed by atoms with van der Waals surface area (Å²) in [6.07, 6.45) is 6.48. The van der Waals surface area contributed by atoms with Crippen LogP contribution in [0.3, 0.4) is 0 Å². The monoisotopic (exact) mass is 361 g/mol. The van der Waals surface area contributed by atoms with Gasteiger partial charge in [0.2, 0.25) is 0 Å². The van der Waals surface area contributed by atoms with Crippen molar-refractivity contribution >= 4 is 22.7 Å². The molecule has 4 heterocycles. The Hall–Kier alpha value is -2.83. The van der Waals surface area contributed by atoms with Gasteiger partial charge in [0.25, 0.3) is 0 Å². The molecule has 1 aliphatic heterocycles. The van der Waals surface area contributed by atoms with Gasteiger partial charge in [-0.25, -0.2) is 15.0 Å². The van der Waals surface area contributed by atoms with E-state index in [1.807, 2.05) is 19.1 Å². The van der Waals surface area contributed by atoms with E-state index in [1.165, 1.54) is 24.1 Å². The van der Waals surface area contributed by atoms with Gasteiger partial charge < -0.3 is 9.80 Å². The van der Waals surface area contributed by atoms with Gasteiger partial charge in [0.05, 0.1) is 17.1 Å². The van der Waals surface area contributed by atoms with Crippen molar-refractivity contribution in [1.82, 2.24) is 25.1 Å². The molecule has 0 aromatic carbocycles. The summed E-state index contributed by atoms with van der Waals surface area (Å²) < 4.78 is 0. The summed E-state index contributed by atoms with van der Waals surface area (Å²) in [6.45, 7) is 3.77. The molecule has 0 bridgehead atoms. The summed E-state index contributed by atoms with van der Waals surface area (Å²) in [7, 11) is 2.11. The maximum atomic E-state index is 4.69. The summed E-state index contributed by atoms with van der Waals surface area (Å²) in [6, 6.07) is 6.61. The van der Waals surface area contributed by atoms with Crippen molar-refractivity contribution in [2.45, 2.75) is 38.6 Å². The number of aromatic nitrogens is 5. The molecule has 5 rings (SSSR count). The van der Waals surface area contributed by atoms with E-state index in [0.717, 1.165) is 54.4 Å². The Labute approximate surface area is 158 Å². The van der Waals surface area contributed by atoms with Crippen LogP contribution in [0.4, 0.5) is 11.6 Å². The molecule has 0 saturated carbocycles. The second kappa shape index (κ2) is 6.40. The lowest BCUT2D eigenvalue weighted by molar-refractivity contribution is 0.487. The van der Waals surface area contributed by atoms with Crippen LogP contribution < -0.4 is 9.80 Å². The first kappa shape index (κ1) is 16.4. The molecular formula is C20H23N7. The lowest BCUT2D eigenvalue weighted by Crippen LogP contribution is -2.59. The van der Waals surface area contributed by atoms with E-state index in [0.29, 0.717) is 6.04 Å². The molecule has 0 N–H and O–H groups in total. The second-order valence-electron chi connectivity index (χ2n) is 7.52. The van der Waals surface area contributed by atoms with E-state index in [-0.39, 0.29) is 0 Å². The fraction of sp³-hybridized carbons (Fsp3) is 0.450. The Kier molecular flexibility index (Phi) is 3.88. The number of hydrogen-bond acceptors (Lipinski definition) is 7. The number of hydrogen-bond donors (Lipinski definition) is 0. The molecule has 0 radical (unpaired) electrons. The Bertz CT molecular complexity index is 997. The highest BCUT2D eigenvalue weighted by Gasteiger charge is 2.33. The van der Waals surface area contributed by atoms with E-state index in [1.54, 1.807) is 6.20 Å². The second-order valence-corrected chi connectivity index (χ2v) is 7.52. The molecule has 0 spiro atoms. The van der Waals surface area contributed by atoms with Gasteiger partial charge >= 0.3 is 0 Å². The highest BCUT2D eigenvalue weighted by atomic mass is 15.4. The van der Waals surface area contributed by atoms with Gasteiger partial charge in [0, 0.05) is 26.3 Å². The first-order valence-electron chi connectivity index (χ1n) is 9.61. The fourth-order valence-electron chi connectivity index (χ4n) is 4.01. The van der Waals surface area contributed by atoms with E-state index in [9.17, 15) is 0 Å². The third-order valence-electron chi connectivity index (χ3n) is 5.69. The van der Waals surface area contributed by atoms with Crippen molar-refractivity contribution in [3.63, 3.8) is 0 Å². The fourth-order valence-corrected chi connectivity index (χ4v) is 4.01. The van der Waals surface area contributed by atoms with Gasteiger partial charge in [0.1, 0.15) is 11.6 Å². The van der Waals surface area contributed by atoms with E-state index in [4.69, 9.17) is 0 Å². The largest absolute Gasteiger partial charge is 0.352 e. The van der Waals surface area contributed by atoms with Gasteiger partial charge in [-0.15, -0.1) is 5.10 Å². The van der Waals surface area contributed by atoms with Crippen LogP contribution in [0.15, 0.2) is 24.4 Å². The van der Waals surface area contributed by atoms with Crippen LogP contribution in [0.5, 0.6) is 0 Å². The Balaban J connectivity index is 1.35. The molecule has 0 atom stereocenters. The molecule has 7 heteroatoms. The van der Waals surface area contributed by atoms with Crippen molar-refractivity contribution in [1.29, 1.82) is 0 Å². The maximum absolute atomic E-state index is 4.69. The van der Waals surface area contributed by atoms with E-state index >= 15 is 0 Å². The lowest BCUT2D eigenvalue weighted by atomic mass is 9.96. The highest BCUT2D eigenvalue weighted by Crippen LogP contribution is 2.29.